The van der Waals surface area contributed by atoms with Crippen LogP contribution in [0.2, 0.25) is 0 Å². The van der Waals surface area contributed by atoms with Crippen LogP contribution in [0.3, 0.4) is 0 Å². The Labute approximate surface area is 140 Å². The van der Waals surface area contributed by atoms with E-state index in [0.29, 0.717) is 38.1 Å². The zero-order valence-corrected chi connectivity index (χ0v) is 15.0. The van der Waals surface area contributed by atoms with Gasteiger partial charge in [0.25, 0.3) is 10.2 Å². The Hall–Kier alpha value is 0.0800. The summed E-state index contributed by atoms with van der Waals surface area (Å²) in [6, 6.07) is 0.602. The quantitative estimate of drug-likeness (QED) is 0.797. The summed E-state index contributed by atoms with van der Waals surface area (Å²) in [6.45, 7) is 8.76. The van der Waals surface area contributed by atoms with E-state index in [1.54, 1.807) is 8.61 Å². The number of piperazine rings is 1. The lowest BCUT2D eigenvalue weighted by Crippen LogP contribution is -2.56. The van der Waals surface area contributed by atoms with Crippen molar-refractivity contribution in [3.05, 3.63) is 0 Å². The fraction of sp³-hybridized carbons (Fsp3) is 1.00. The van der Waals surface area contributed by atoms with Crippen LogP contribution in [-0.4, -0.2) is 80.3 Å². The maximum atomic E-state index is 12.7. The Kier molecular flexibility index (Phi) is 6.50. The van der Waals surface area contributed by atoms with Crippen molar-refractivity contribution in [2.24, 2.45) is 5.92 Å². The van der Waals surface area contributed by atoms with Crippen LogP contribution in [0.25, 0.3) is 0 Å². The lowest BCUT2D eigenvalue weighted by Gasteiger charge is -2.40. The van der Waals surface area contributed by atoms with Crippen molar-refractivity contribution in [3.8, 4) is 0 Å². The third kappa shape index (κ3) is 3.94. The van der Waals surface area contributed by atoms with Crippen molar-refractivity contribution in [1.29, 1.82) is 0 Å². The van der Waals surface area contributed by atoms with E-state index in [2.05, 4.69) is 17.1 Å². The summed E-state index contributed by atoms with van der Waals surface area (Å²) in [6.07, 6.45) is 3.18. The lowest BCUT2D eigenvalue weighted by molar-refractivity contribution is 0.139. The SMILES string of the molecule is CC1CCN(S(=O)(=O)N2CCN(C3CCNC3)CC2)CC1.Cl. The molecule has 6 nitrogen and oxygen atoms in total. The molecule has 0 aromatic heterocycles. The molecule has 3 aliphatic heterocycles. The maximum Gasteiger partial charge on any atom is 0.282 e. The molecule has 1 N–H and O–H groups in total. The van der Waals surface area contributed by atoms with Crippen LogP contribution < -0.4 is 5.32 Å². The lowest BCUT2D eigenvalue weighted by atomic mass is 10.0. The zero-order chi connectivity index (χ0) is 14.9. The number of hydrogen-bond donors (Lipinski definition) is 1. The van der Waals surface area contributed by atoms with Crippen LogP contribution in [0, 0.1) is 5.92 Å². The van der Waals surface area contributed by atoms with Crippen LogP contribution in [0.1, 0.15) is 26.2 Å². The molecule has 130 valence electrons. The van der Waals surface area contributed by atoms with E-state index < -0.39 is 10.2 Å². The average Bonchev–Trinajstić information content (AvgIpc) is 3.02. The van der Waals surface area contributed by atoms with Gasteiger partial charge in [0.15, 0.2) is 0 Å². The van der Waals surface area contributed by atoms with Crippen molar-refractivity contribution < 1.29 is 8.42 Å². The second-order valence-electron chi connectivity index (χ2n) is 6.67. The highest BCUT2D eigenvalue weighted by Crippen LogP contribution is 2.22. The molecular formula is C14H29ClN4O2S. The van der Waals surface area contributed by atoms with Gasteiger partial charge in [-0.2, -0.15) is 17.0 Å². The molecule has 1 atom stereocenters. The molecule has 3 aliphatic rings. The number of piperidine rings is 1. The molecule has 3 heterocycles. The first-order chi connectivity index (χ1) is 10.1. The number of hydrogen-bond acceptors (Lipinski definition) is 4. The molecular weight excluding hydrogens is 324 g/mol. The third-order valence-electron chi connectivity index (χ3n) is 5.22. The summed E-state index contributed by atoms with van der Waals surface area (Å²) >= 11 is 0. The molecule has 8 heteroatoms. The van der Waals surface area contributed by atoms with Crippen molar-refractivity contribution in [3.63, 3.8) is 0 Å². The van der Waals surface area contributed by atoms with Gasteiger partial charge in [-0.1, -0.05) is 6.92 Å². The molecule has 3 rings (SSSR count). The summed E-state index contributed by atoms with van der Waals surface area (Å²) in [5, 5.41) is 3.39. The average molecular weight is 353 g/mol. The number of nitrogens with zero attached hydrogens (tertiary/aromatic N) is 3. The molecule has 0 amide bonds. The molecule has 0 aromatic rings. The number of nitrogens with one attached hydrogen (secondary N) is 1. The molecule has 3 saturated heterocycles. The molecule has 1 unspecified atom stereocenters. The topological polar surface area (TPSA) is 55.9 Å². The Bertz CT molecular complexity index is 440. The Balaban J connectivity index is 0.00000176. The Morgan fingerprint density at radius 3 is 2.05 bits per heavy atom. The van der Waals surface area contributed by atoms with Crippen molar-refractivity contribution >= 4 is 22.6 Å². The van der Waals surface area contributed by atoms with Gasteiger partial charge in [0.1, 0.15) is 0 Å². The Morgan fingerprint density at radius 2 is 1.50 bits per heavy atom. The third-order valence-corrected chi connectivity index (χ3v) is 7.25. The van der Waals surface area contributed by atoms with Gasteiger partial charge in [-0.3, -0.25) is 4.90 Å². The second-order valence-corrected chi connectivity index (χ2v) is 8.60. The van der Waals surface area contributed by atoms with Gasteiger partial charge in [0.05, 0.1) is 0 Å². The van der Waals surface area contributed by atoms with Crippen LogP contribution in [0.5, 0.6) is 0 Å². The first-order valence-corrected chi connectivity index (χ1v) is 9.67. The van der Waals surface area contributed by atoms with E-state index in [9.17, 15) is 8.42 Å². The summed E-state index contributed by atoms with van der Waals surface area (Å²) in [5.41, 5.74) is 0. The molecule has 0 saturated carbocycles. The van der Waals surface area contributed by atoms with Gasteiger partial charge in [-0.25, -0.2) is 0 Å². The van der Waals surface area contributed by atoms with Gasteiger partial charge in [-0.15, -0.1) is 12.4 Å². The minimum Gasteiger partial charge on any atom is -0.315 e. The molecule has 0 spiro atoms. The van der Waals surface area contributed by atoms with Crippen LogP contribution in [-0.2, 0) is 10.2 Å². The molecule has 3 fully saturated rings. The first-order valence-electron chi connectivity index (χ1n) is 8.27. The highest BCUT2D eigenvalue weighted by molar-refractivity contribution is 7.86. The molecule has 0 aliphatic carbocycles. The minimum atomic E-state index is -3.23. The van der Waals surface area contributed by atoms with Crippen molar-refractivity contribution in [2.75, 3.05) is 52.4 Å². The van der Waals surface area contributed by atoms with Crippen LogP contribution in [0.15, 0.2) is 0 Å². The molecule has 0 aromatic carbocycles. The molecule has 0 radical (unpaired) electrons. The van der Waals surface area contributed by atoms with E-state index in [4.69, 9.17) is 0 Å². The van der Waals surface area contributed by atoms with Gasteiger partial charge >= 0.3 is 0 Å². The molecule has 22 heavy (non-hydrogen) atoms. The van der Waals surface area contributed by atoms with Gasteiger partial charge in [-0.05, 0) is 31.7 Å². The summed E-state index contributed by atoms with van der Waals surface area (Å²) in [5.74, 6) is 0.656. The fourth-order valence-corrected chi connectivity index (χ4v) is 5.25. The summed E-state index contributed by atoms with van der Waals surface area (Å²) in [4.78, 5) is 2.45. The summed E-state index contributed by atoms with van der Waals surface area (Å²) in [7, 11) is -3.23. The van der Waals surface area contributed by atoms with E-state index in [-0.39, 0.29) is 12.4 Å². The smallest absolute Gasteiger partial charge is 0.282 e. The van der Waals surface area contributed by atoms with Crippen LogP contribution in [0.4, 0.5) is 0 Å². The van der Waals surface area contributed by atoms with Crippen molar-refractivity contribution in [2.45, 2.75) is 32.2 Å². The van der Waals surface area contributed by atoms with Crippen molar-refractivity contribution in [1.82, 2.24) is 18.8 Å². The zero-order valence-electron chi connectivity index (χ0n) is 13.4. The summed E-state index contributed by atoms with van der Waals surface area (Å²) < 4.78 is 28.8. The maximum absolute atomic E-state index is 12.7. The Morgan fingerprint density at radius 1 is 0.909 bits per heavy atom. The minimum absolute atomic E-state index is 0. The normalized spacial score (nSPS) is 30.3. The monoisotopic (exact) mass is 352 g/mol. The predicted molar refractivity (Wildman–Crippen MR) is 90.6 cm³/mol. The van der Waals surface area contributed by atoms with Gasteiger partial charge < -0.3 is 5.32 Å². The van der Waals surface area contributed by atoms with E-state index in [1.807, 2.05) is 0 Å². The highest BCUT2D eigenvalue weighted by Gasteiger charge is 2.35. The van der Waals surface area contributed by atoms with Crippen LogP contribution >= 0.6 is 12.4 Å². The number of rotatable bonds is 3. The first kappa shape index (κ1) is 18.4. The van der Waals surface area contributed by atoms with Gasteiger partial charge in [0, 0.05) is 51.9 Å². The van der Waals surface area contributed by atoms with E-state index in [0.717, 1.165) is 39.0 Å². The molecule has 0 bridgehead atoms. The highest BCUT2D eigenvalue weighted by atomic mass is 35.5. The van der Waals surface area contributed by atoms with E-state index in [1.165, 1.54) is 6.42 Å². The second kappa shape index (κ2) is 7.77. The predicted octanol–water partition coefficient (Wildman–Crippen LogP) is 0.364. The largest absolute Gasteiger partial charge is 0.315 e. The fourth-order valence-electron chi connectivity index (χ4n) is 3.63. The number of halogens is 1. The standard InChI is InChI=1S/C14H28N4O2S.ClH/c1-13-3-6-17(7-4-13)21(19,20)18-10-8-16(9-11-18)14-2-5-15-12-14;/h13-15H,2-12H2,1H3;1H. The van der Waals surface area contributed by atoms with E-state index >= 15 is 0 Å². The van der Waals surface area contributed by atoms with Gasteiger partial charge in [0.2, 0.25) is 0 Å².